The van der Waals surface area contributed by atoms with E-state index < -0.39 is 86.1 Å². The van der Waals surface area contributed by atoms with Crippen LogP contribution in [0.5, 0.6) is 0 Å². The molecule has 0 aromatic rings. The Hall–Kier alpha value is -1.04. The van der Waals surface area contributed by atoms with Gasteiger partial charge in [0.2, 0.25) is 0 Å². The maximum Gasteiger partial charge on any atom is 0.187 e. The van der Waals surface area contributed by atoms with E-state index >= 15 is 0 Å². The van der Waals surface area contributed by atoms with E-state index in [1.807, 2.05) is 13.0 Å². The molecule has 2 saturated carbocycles. The fraction of sp³-hybridized carbons (Fsp3) is 0.875. The predicted molar refractivity (Wildman–Crippen MR) is 159 cm³/mol. The summed E-state index contributed by atoms with van der Waals surface area (Å²) < 4.78 is 22.6. The Kier molecular flexibility index (Phi) is 12.3. The summed E-state index contributed by atoms with van der Waals surface area (Å²) in [7, 11) is 0. The molecule has 4 aliphatic rings. The smallest absolute Gasteiger partial charge is 0.187 e. The molecule has 0 aromatic heterocycles. The summed E-state index contributed by atoms with van der Waals surface area (Å²) in [6.45, 7) is 9.74. The van der Waals surface area contributed by atoms with Gasteiger partial charge in [0.15, 0.2) is 12.6 Å². The molecule has 260 valence electrons. The third-order valence-electron chi connectivity index (χ3n) is 10.9. The Balaban J connectivity index is 1.39. The van der Waals surface area contributed by atoms with Crippen LogP contribution in [0.3, 0.4) is 0 Å². The van der Waals surface area contributed by atoms with Gasteiger partial charge in [-0.05, 0) is 61.7 Å². The fourth-order valence-electron chi connectivity index (χ4n) is 8.41. The zero-order chi connectivity index (χ0) is 33.3. The Morgan fingerprint density at radius 3 is 1.96 bits per heavy atom. The number of hydrogen-bond acceptors (Lipinski definition) is 13. The monoisotopic (exact) mass is 646 g/mol. The van der Waals surface area contributed by atoms with Crippen molar-refractivity contribution in [2.45, 2.75) is 127 Å². The molecule has 4 rings (SSSR count). The van der Waals surface area contributed by atoms with Gasteiger partial charge in [-0.3, -0.25) is 0 Å². The molecule has 13 heteroatoms. The van der Waals surface area contributed by atoms with Crippen LogP contribution in [0.4, 0.5) is 0 Å². The largest absolute Gasteiger partial charge is 0.394 e. The van der Waals surface area contributed by atoms with Gasteiger partial charge in [-0.25, -0.2) is 0 Å². The van der Waals surface area contributed by atoms with Crippen LogP contribution in [0.25, 0.3) is 0 Å². The summed E-state index contributed by atoms with van der Waals surface area (Å²) in [5.74, 6) is -0.0505. The molecule has 0 radical (unpaired) electrons. The molecular weight excluding hydrogens is 592 g/mol. The molecule has 2 saturated heterocycles. The molecule has 4 fully saturated rings. The second-order valence-corrected chi connectivity index (χ2v) is 14.1. The highest BCUT2D eigenvalue weighted by molar-refractivity contribution is 5.19. The molecule has 0 unspecified atom stereocenters. The van der Waals surface area contributed by atoms with Crippen LogP contribution in [-0.2, 0) is 18.9 Å². The van der Waals surface area contributed by atoms with E-state index in [1.54, 1.807) is 0 Å². The van der Waals surface area contributed by atoms with Gasteiger partial charge in [0.25, 0.3) is 0 Å². The molecule has 15 atom stereocenters. The number of allylic oxidation sites excluding steroid dienone is 1. The molecule has 2 aliphatic carbocycles. The number of aliphatic hydroxyl groups excluding tert-OH is 9. The normalized spacial score (nSPS) is 47.9. The zero-order valence-electron chi connectivity index (χ0n) is 26.5. The highest BCUT2D eigenvalue weighted by Gasteiger charge is 2.58. The first-order chi connectivity index (χ1) is 21.2. The predicted octanol–water partition coefficient (Wildman–Crippen LogP) is -0.904. The second kappa shape index (κ2) is 15.0. The van der Waals surface area contributed by atoms with Crippen LogP contribution in [-0.4, -0.2) is 140 Å². The summed E-state index contributed by atoms with van der Waals surface area (Å²) in [4.78, 5) is 0. The number of aliphatic hydroxyl groups is 9. The van der Waals surface area contributed by atoms with Gasteiger partial charge < -0.3 is 64.9 Å². The maximum absolute atomic E-state index is 11.4. The van der Waals surface area contributed by atoms with E-state index in [-0.39, 0.29) is 30.5 Å². The maximum atomic E-state index is 11.4. The lowest BCUT2D eigenvalue weighted by molar-refractivity contribution is -0.310. The topological polar surface area (TPSA) is 219 Å². The van der Waals surface area contributed by atoms with E-state index in [4.69, 9.17) is 18.9 Å². The van der Waals surface area contributed by atoms with Crippen LogP contribution >= 0.6 is 0 Å². The molecule has 0 aromatic carbocycles. The van der Waals surface area contributed by atoms with Gasteiger partial charge in [0.1, 0.15) is 48.8 Å². The minimum absolute atomic E-state index is 0.0894. The second-order valence-electron chi connectivity index (χ2n) is 14.1. The van der Waals surface area contributed by atoms with E-state index in [0.717, 1.165) is 43.3 Å². The first-order valence-corrected chi connectivity index (χ1v) is 16.0. The highest BCUT2D eigenvalue weighted by Crippen LogP contribution is 2.62. The van der Waals surface area contributed by atoms with E-state index in [9.17, 15) is 46.0 Å². The van der Waals surface area contributed by atoms with Gasteiger partial charge in [-0.2, -0.15) is 0 Å². The van der Waals surface area contributed by atoms with Gasteiger partial charge in [-0.15, -0.1) is 0 Å². The quantitative estimate of drug-likeness (QED) is 0.124. The summed E-state index contributed by atoms with van der Waals surface area (Å²) in [5, 5.41) is 91.3. The van der Waals surface area contributed by atoms with Crippen molar-refractivity contribution in [2.24, 2.45) is 22.7 Å². The van der Waals surface area contributed by atoms with Crippen molar-refractivity contribution >= 4 is 0 Å². The molecule has 0 spiro atoms. The van der Waals surface area contributed by atoms with Crippen LogP contribution in [0, 0.1) is 22.7 Å². The van der Waals surface area contributed by atoms with Crippen LogP contribution in [0.2, 0.25) is 0 Å². The van der Waals surface area contributed by atoms with Gasteiger partial charge >= 0.3 is 0 Å². The minimum Gasteiger partial charge on any atom is -0.394 e. The first kappa shape index (κ1) is 36.8. The van der Waals surface area contributed by atoms with E-state index in [0.29, 0.717) is 6.42 Å². The lowest BCUT2D eigenvalue weighted by Crippen LogP contribution is -2.61. The van der Waals surface area contributed by atoms with Crippen LogP contribution in [0.15, 0.2) is 23.8 Å². The SMILES string of the molecule is C=C1C[C@H](O)[C@H]2[C@](C)(CO[C@@H]3O[C@H](CO)[C@@H](O)[C@H](O)[C@H]3O)CCC[C@]2(C)[C@H]1CC/C(C)=C/CO[C@@H]1O[C@H](CO)[C@@H](O)[C@H](O)[C@H]1O. The zero-order valence-corrected chi connectivity index (χ0v) is 26.5. The summed E-state index contributed by atoms with van der Waals surface area (Å²) in [5.41, 5.74) is 1.23. The Bertz CT molecular complexity index is 1020. The number of fused-ring (bicyclic) bond motifs is 1. The van der Waals surface area contributed by atoms with Crippen LogP contribution < -0.4 is 0 Å². The van der Waals surface area contributed by atoms with Crippen molar-refractivity contribution < 1.29 is 64.9 Å². The van der Waals surface area contributed by atoms with Crippen molar-refractivity contribution in [1.82, 2.24) is 0 Å². The third kappa shape index (κ3) is 7.51. The molecular formula is C32H54O13. The Labute approximate surface area is 264 Å². The van der Waals surface area contributed by atoms with Gasteiger partial charge in [0, 0.05) is 0 Å². The standard InChI is InChI=1S/C32H54O13/c1-16(8-11-42-29-26(40)24(38)22(36)20(13-33)44-29)6-7-18-17(2)12-19(35)28-31(3,9-5-10-32(18,28)4)15-43-30-27(41)25(39)23(37)21(14-34)45-30/h8,18-30,33-41H,2,5-7,9-15H2,1,3-4H3/b16-8+/t18-,19-,20+,21+,22+,23+,24-,25-,26+,27+,28-,29+,30+,31-,32+/m0/s1. The lowest BCUT2D eigenvalue weighted by atomic mass is 9.46. The molecule has 0 amide bonds. The van der Waals surface area contributed by atoms with Gasteiger partial charge in [0.05, 0.1) is 32.5 Å². The van der Waals surface area contributed by atoms with E-state index in [2.05, 4.69) is 20.4 Å². The molecule has 2 heterocycles. The van der Waals surface area contributed by atoms with Crippen molar-refractivity contribution in [1.29, 1.82) is 0 Å². The van der Waals surface area contributed by atoms with Crippen molar-refractivity contribution in [3.8, 4) is 0 Å². The lowest BCUT2D eigenvalue weighted by Gasteiger charge is -2.60. The van der Waals surface area contributed by atoms with Crippen LogP contribution in [0.1, 0.15) is 59.3 Å². The number of ether oxygens (including phenoxy) is 4. The summed E-state index contributed by atoms with van der Waals surface area (Å²) in [6.07, 6.45) is -7.74. The average molecular weight is 647 g/mol. The highest BCUT2D eigenvalue weighted by atomic mass is 16.7. The van der Waals surface area contributed by atoms with Crippen molar-refractivity contribution in [2.75, 3.05) is 26.4 Å². The van der Waals surface area contributed by atoms with Crippen molar-refractivity contribution in [3.05, 3.63) is 23.8 Å². The number of hydrogen-bond donors (Lipinski definition) is 9. The minimum atomic E-state index is -1.53. The average Bonchev–Trinajstić information content (AvgIpc) is 2.99. The molecule has 45 heavy (non-hydrogen) atoms. The first-order valence-electron chi connectivity index (χ1n) is 16.0. The number of rotatable bonds is 11. The summed E-state index contributed by atoms with van der Waals surface area (Å²) >= 11 is 0. The summed E-state index contributed by atoms with van der Waals surface area (Å²) in [6, 6.07) is 0. The van der Waals surface area contributed by atoms with Gasteiger partial charge in [-0.1, -0.05) is 44.1 Å². The van der Waals surface area contributed by atoms with E-state index in [1.165, 1.54) is 0 Å². The fourth-order valence-corrected chi connectivity index (χ4v) is 8.41. The molecule has 0 bridgehead atoms. The Morgan fingerprint density at radius 2 is 1.40 bits per heavy atom. The van der Waals surface area contributed by atoms with Crippen molar-refractivity contribution in [3.63, 3.8) is 0 Å². The molecule has 13 nitrogen and oxygen atoms in total. The Morgan fingerprint density at radius 1 is 0.844 bits per heavy atom. The molecule has 9 N–H and O–H groups in total. The third-order valence-corrected chi connectivity index (χ3v) is 10.9. The molecule has 2 aliphatic heterocycles.